The number of halogens is 1. The Morgan fingerprint density at radius 3 is 2.79 bits per heavy atom. The van der Waals surface area contributed by atoms with Crippen LogP contribution in [0.15, 0.2) is 47.1 Å². The van der Waals surface area contributed by atoms with Crippen LogP contribution in [0.4, 0.5) is 10.1 Å². The minimum Gasteiger partial charge on any atom is -0.369 e. The number of hydrogen-bond donors (Lipinski definition) is 1. The van der Waals surface area contributed by atoms with E-state index in [1.54, 1.807) is 24.4 Å². The van der Waals surface area contributed by atoms with E-state index in [1.807, 2.05) is 12.1 Å². The molecule has 4 aromatic rings. The largest absolute Gasteiger partial charge is 0.369 e. The number of pyridine rings is 1. The summed E-state index contributed by atoms with van der Waals surface area (Å²) >= 11 is 0. The molecule has 0 amide bonds. The lowest BCUT2D eigenvalue weighted by Crippen LogP contribution is -2.44. The van der Waals surface area contributed by atoms with Gasteiger partial charge in [0, 0.05) is 49.0 Å². The van der Waals surface area contributed by atoms with Crippen molar-refractivity contribution < 1.29 is 8.91 Å². The van der Waals surface area contributed by atoms with Crippen molar-refractivity contribution in [3.05, 3.63) is 48.4 Å². The molecule has 0 spiro atoms. The van der Waals surface area contributed by atoms with Crippen molar-refractivity contribution in [1.29, 1.82) is 0 Å². The van der Waals surface area contributed by atoms with Gasteiger partial charge in [-0.3, -0.25) is 4.98 Å². The van der Waals surface area contributed by atoms with Crippen molar-refractivity contribution in [3.8, 4) is 23.1 Å². The van der Waals surface area contributed by atoms with Gasteiger partial charge in [0.2, 0.25) is 5.82 Å². The zero-order chi connectivity index (χ0) is 19.1. The number of benzene rings is 1. The normalized spacial score (nSPS) is 15.4. The lowest BCUT2D eigenvalue weighted by molar-refractivity contribution is 0.313. The van der Waals surface area contributed by atoms with Crippen molar-refractivity contribution in [2.24, 2.45) is 0 Å². The summed E-state index contributed by atoms with van der Waals surface area (Å²) in [7, 11) is 2.13. The van der Waals surface area contributed by atoms with Crippen molar-refractivity contribution in [1.82, 2.24) is 25.0 Å². The smallest absolute Gasteiger partial charge is 0.274 e. The van der Waals surface area contributed by atoms with Crippen LogP contribution in [0.5, 0.6) is 0 Å². The van der Waals surface area contributed by atoms with Crippen LogP contribution in [0.1, 0.15) is 0 Å². The first-order valence-electron chi connectivity index (χ1n) is 9.18. The van der Waals surface area contributed by atoms with Gasteiger partial charge >= 0.3 is 0 Å². The Morgan fingerprint density at radius 1 is 1.11 bits per heavy atom. The predicted octanol–water partition coefficient (Wildman–Crippen LogP) is 3.17. The van der Waals surface area contributed by atoms with E-state index in [9.17, 15) is 4.39 Å². The Morgan fingerprint density at radius 2 is 1.96 bits per heavy atom. The van der Waals surface area contributed by atoms with Gasteiger partial charge < -0.3 is 19.3 Å². The summed E-state index contributed by atoms with van der Waals surface area (Å²) in [6.45, 7) is 4.00. The molecule has 0 aliphatic carbocycles. The summed E-state index contributed by atoms with van der Waals surface area (Å²) in [6, 6.07) is 10.5. The molecule has 7 nitrogen and oxygen atoms in total. The number of anilines is 1. The summed E-state index contributed by atoms with van der Waals surface area (Å²) in [5, 5.41) is 4.56. The van der Waals surface area contributed by atoms with E-state index in [4.69, 9.17) is 4.52 Å². The first-order valence-corrected chi connectivity index (χ1v) is 9.18. The second kappa shape index (κ2) is 6.72. The third-order valence-corrected chi connectivity index (χ3v) is 5.11. The molecule has 1 aliphatic rings. The molecule has 1 aromatic carbocycles. The summed E-state index contributed by atoms with van der Waals surface area (Å²) in [5.74, 6) is 0.420. The standard InChI is InChI=1S/C20H19FN6O/c1-26-7-9-27(10-8-26)13-5-6-22-17(11-13)19-24-20(28-25-19)18-12-14-15(21)3-2-4-16(14)23-18/h2-6,11-12,23H,7-10H2,1H3. The molecule has 0 radical (unpaired) electrons. The molecule has 5 rings (SSSR count). The van der Waals surface area contributed by atoms with Gasteiger partial charge in [0.05, 0.1) is 0 Å². The molecule has 142 valence electrons. The maximum Gasteiger partial charge on any atom is 0.274 e. The van der Waals surface area contributed by atoms with Crippen molar-refractivity contribution in [3.63, 3.8) is 0 Å². The highest BCUT2D eigenvalue weighted by Crippen LogP contribution is 2.27. The fraction of sp³-hybridized carbons (Fsp3) is 0.250. The summed E-state index contributed by atoms with van der Waals surface area (Å²) < 4.78 is 19.3. The molecule has 0 bridgehead atoms. The van der Waals surface area contributed by atoms with Crippen LogP contribution in [-0.2, 0) is 0 Å². The SMILES string of the molecule is CN1CCN(c2ccnc(-c3noc(-c4cc5c(F)cccc5[nH]4)n3)c2)CC1. The second-order valence-electron chi connectivity index (χ2n) is 7.00. The van der Waals surface area contributed by atoms with E-state index in [1.165, 1.54) is 6.07 Å². The Kier molecular flexibility index (Phi) is 4.05. The number of likely N-dealkylation sites (N-methyl/N-ethyl adjacent to an activating group) is 1. The number of hydrogen-bond acceptors (Lipinski definition) is 6. The van der Waals surface area contributed by atoms with E-state index in [2.05, 4.69) is 37.0 Å². The quantitative estimate of drug-likeness (QED) is 0.590. The number of aromatic amines is 1. The van der Waals surface area contributed by atoms with Gasteiger partial charge in [0.1, 0.15) is 17.2 Å². The number of nitrogens with zero attached hydrogens (tertiary/aromatic N) is 5. The monoisotopic (exact) mass is 378 g/mol. The second-order valence-corrected chi connectivity index (χ2v) is 7.00. The van der Waals surface area contributed by atoms with Crippen LogP contribution < -0.4 is 4.90 Å². The minimum absolute atomic E-state index is 0.290. The maximum absolute atomic E-state index is 13.9. The Labute approximate surface area is 160 Å². The fourth-order valence-electron chi connectivity index (χ4n) is 3.47. The van der Waals surface area contributed by atoms with E-state index < -0.39 is 0 Å². The lowest BCUT2D eigenvalue weighted by Gasteiger charge is -2.34. The molecule has 0 atom stereocenters. The van der Waals surface area contributed by atoms with Gasteiger partial charge in [-0.15, -0.1) is 0 Å². The average Bonchev–Trinajstić information content (AvgIpc) is 3.37. The van der Waals surface area contributed by atoms with Gasteiger partial charge in [-0.05, 0) is 37.4 Å². The maximum atomic E-state index is 13.9. The van der Waals surface area contributed by atoms with Crippen LogP contribution in [0, 0.1) is 5.82 Å². The van der Waals surface area contributed by atoms with Gasteiger partial charge in [-0.2, -0.15) is 4.98 Å². The van der Waals surface area contributed by atoms with Crippen LogP contribution in [-0.4, -0.2) is 58.2 Å². The fourth-order valence-corrected chi connectivity index (χ4v) is 3.47. The van der Waals surface area contributed by atoms with Crippen LogP contribution in [0.3, 0.4) is 0 Å². The molecule has 0 unspecified atom stereocenters. The first kappa shape index (κ1) is 16.9. The third-order valence-electron chi connectivity index (χ3n) is 5.11. The zero-order valence-electron chi connectivity index (χ0n) is 15.4. The van der Waals surface area contributed by atoms with E-state index in [0.29, 0.717) is 34.0 Å². The van der Waals surface area contributed by atoms with Crippen molar-refractivity contribution in [2.75, 3.05) is 38.1 Å². The molecular weight excluding hydrogens is 359 g/mol. The summed E-state index contributed by atoms with van der Waals surface area (Å²) in [6.07, 6.45) is 1.76. The molecule has 1 N–H and O–H groups in total. The Hall–Kier alpha value is -3.26. The van der Waals surface area contributed by atoms with Gasteiger partial charge in [0.25, 0.3) is 5.89 Å². The topological polar surface area (TPSA) is 74.1 Å². The molecule has 4 heterocycles. The minimum atomic E-state index is -0.290. The molecule has 0 saturated carbocycles. The first-order chi connectivity index (χ1) is 13.7. The van der Waals surface area contributed by atoms with Crippen molar-refractivity contribution >= 4 is 16.6 Å². The van der Waals surface area contributed by atoms with Gasteiger partial charge in [-0.25, -0.2) is 4.39 Å². The molecular formula is C20H19FN6O. The molecule has 28 heavy (non-hydrogen) atoms. The predicted molar refractivity (Wildman–Crippen MR) is 104 cm³/mol. The average molecular weight is 378 g/mol. The molecule has 1 fully saturated rings. The lowest BCUT2D eigenvalue weighted by atomic mass is 10.2. The Balaban J connectivity index is 1.44. The molecule has 1 saturated heterocycles. The van der Waals surface area contributed by atoms with Gasteiger partial charge in [0.15, 0.2) is 0 Å². The van der Waals surface area contributed by atoms with E-state index in [0.717, 1.165) is 31.9 Å². The van der Waals surface area contributed by atoms with Gasteiger partial charge in [-0.1, -0.05) is 11.2 Å². The zero-order valence-corrected chi connectivity index (χ0v) is 15.4. The molecule has 1 aliphatic heterocycles. The van der Waals surface area contributed by atoms with E-state index in [-0.39, 0.29) is 5.82 Å². The number of fused-ring (bicyclic) bond motifs is 1. The number of H-pyrrole nitrogens is 1. The third kappa shape index (κ3) is 3.01. The van der Waals surface area contributed by atoms with Crippen LogP contribution in [0.2, 0.25) is 0 Å². The highest BCUT2D eigenvalue weighted by Gasteiger charge is 2.18. The highest BCUT2D eigenvalue weighted by atomic mass is 19.1. The number of piperazine rings is 1. The summed E-state index contributed by atoms with van der Waals surface area (Å²) in [5.41, 5.74) is 3.00. The molecule has 3 aromatic heterocycles. The number of rotatable bonds is 3. The van der Waals surface area contributed by atoms with Crippen LogP contribution in [0.25, 0.3) is 34.0 Å². The summed E-state index contributed by atoms with van der Waals surface area (Å²) in [4.78, 5) is 16.6. The van der Waals surface area contributed by atoms with E-state index >= 15 is 0 Å². The number of nitrogens with one attached hydrogen (secondary N) is 1. The highest BCUT2D eigenvalue weighted by molar-refractivity contribution is 5.85. The van der Waals surface area contributed by atoms with Crippen LogP contribution >= 0.6 is 0 Å². The van der Waals surface area contributed by atoms with Crippen molar-refractivity contribution in [2.45, 2.75) is 0 Å². The Bertz CT molecular complexity index is 1130. The molecule has 8 heteroatoms. The number of aromatic nitrogens is 4.